The van der Waals surface area contributed by atoms with Crippen LogP contribution in [0.3, 0.4) is 0 Å². The summed E-state index contributed by atoms with van der Waals surface area (Å²) < 4.78 is 7.34. The van der Waals surface area contributed by atoms with Gasteiger partial charge in [-0.15, -0.1) is 0 Å². The molecular formula is C18H20N4O2. The summed E-state index contributed by atoms with van der Waals surface area (Å²) in [5, 5.41) is 16.0. The summed E-state index contributed by atoms with van der Waals surface area (Å²) in [6, 6.07) is 7.92. The van der Waals surface area contributed by atoms with E-state index in [-0.39, 0.29) is 11.8 Å². The lowest BCUT2D eigenvalue weighted by Gasteiger charge is -2.12. The standard InChI is InChI=1S/C18H20N4O2/c1-11-7-14-15(10-24-16(14)8-12(11)2)18(23)20-17-9-13(3)21-22(17)6-4-5-19/h7-9,15H,4,6,10H2,1-3H3,(H,20,23)/t15-/m0/s1. The van der Waals surface area contributed by atoms with Crippen LogP contribution in [0.25, 0.3) is 0 Å². The minimum absolute atomic E-state index is 0.116. The zero-order chi connectivity index (χ0) is 17.3. The van der Waals surface area contributed by atoms with Crippen LogP contribution < -0.4 is 10.1 Å². The number of carbonyl (C=O) groups is 1. The Balaban J connectivity index is 1.81. The Morgan fingerprint density at radius 3 is 2.88 bits per heavy atom. The second-order valence-electron chi connectivity index (χ2n) is 6.13. The molecule has 124 valence electrons. The molecule has 1 aromatic carbocycles. The van der Waals surface area contributed by atoms with Gasteiger partial charge in [0.05, 0.1) is 24.7 Å². The van der Waals surface area contributed by atoms with Crippen molar-refractivity contribution in [2.24, 2.45) is 0 Å². The number of fused-ring (bicyclic) bond motifs is 1. The highest BCUT2D eigenvalue weighted by molar-refractivity contribution is 5.96. The Hall–Kier alpha value is -2.81. The molecule has 1 aliphatic heterocycles. The van der Waals surface area contributed by atoms with Crippen LogP contribution in [0.4, 0.5) is 5.82 Å². The van der Waals surface area contributed by atoms with E-state index in [2.05, 4.69) is 16.5 Å². The molecule has 2 aromatic rings. The molecule has 0 saturated carbocycles. The number of amides is 1. The van der Waals surface area contributed by atoms with E-state index in [1.165, 1.54) is 0 Å². The molecule has 0 radical (unpaired) electrons. The van der Waals surface area contributed by atoms with Gasteiger partial charge in [0.25, 0.3) is 0 Å². The van der Waals surface area contributed by atoms with Crippen molar-refractivity contribution in [1.82, 2.24) is 9.78 Å². The molecule has 24 heavy (non-hydrogen) atoms. The highest BCUT2D eigenvalue weighted by Crippen LogP contribution is 2.36. The summed E-state index contributed by atoms with van der Waals surface area (Å²) in [5.74, 6) is 0.950. The molecule has 0 bridgehead atoms. The Morgan fingerprint density at radius 2 is 2.12 bits per heavy atom. The van der Waals surface area contributed by atoms with Gasteiger partial charge >= 0.3 is 0 Å². The average molecular weight is 324 g/mol. The smallest absolute Gasteiger partial charge is 0.236 e. The van der Waals surface area contributed by atoms with E-state index in [1.807, 2.05) is 39.0 Å². The molecule has 0 fully saturated rings. The lowest BCUT2D eigenvalue weighted by atomic mass is 9.96. The van der Waals surface area contributed by atoms with E-state index < -0.39 is 0 Å². The van der Waals surface area contributed by atoms with Crippen LogP contribution in [0.2, 0.25) is 0 Å². The number of hydrogen-bond donors (Lipinski definition) is 1. The molecule has 0 aliphatic carbocycles. The molecule has 0 unspecified atom stereocenters. The Morgan fingerprint density at radius 1 is 1.38 bits per heavy atom. The fraction of sp³-hybridized carbons (Fsp3) is 0.389. The topological polar surface area (TPSA) is 79.9 Å². The molecule has 1 N–H and O–H groups in total. The first-order valence-corrected chi connectivity index (χ1v) is 7.96. The third-order valence-corrected chi connectivity index (χ3v) is 4.31. The van der Waals surface area contributed by atoms with Gasteiger partial charge in [-0.05, 0) is 38.0 Å². The molecule has 6 nitrogen and oxygen atoms in total. The van der Waals surface area contributed by atoms with Crippen molar-refractivity contribution in [1.29, 1.82) is 5.26 Å². The van der Waals surface area contributed by atoms with Crippen LogP contribution in [0.15, 0.2) is 18.2 Å². The second kappa shape index (κ2) is 6.36. The first-order chi connectivity index (χ1) is 11.5. The van der Waals surface area contributed by atoms with Crippen LogP contribution in [0, 0.1) is 32.1 Å². The fourth-order valence-electron chi connectivity index (χ4n) is 2.87. The summed E-state index contributed by atoms with van der Waals surface area (Å²) in [5.41, 5.74) is 4.03. The number of aryl methyl sites for hydroxylation is 4. The largest absolute Gasteiger partial charge is 0.492 e. The highest BCUT2D eigenvalue weighted by atomic mass is 16.5. The number of rotatable bonds is 4. The number of nitrogens with one attached hydrogen (secondary N) is 1. The van der Waals surface area contributed by atoms with Crippen molar-refractivity contribution in [3.63, 3.8) is 0 Å². The van der Waals surface area contributed by atoms with Gasteiger partial charge in [-0.1, -0.05) is 6.07 Å². The third-order valence-electron chi connectivity index (χ3n) is 4.31. The number of nitrogens with zero attached hydrogens (tertiary/aromatic N) is 3. The van der Waals surface area contributed by atoms with Crippen LogP contribution in [0.1, 0.15) is 34.7 Å². The zero-order valence-corrected chi connectivity index (χ0v) is 14.1. The van der Waals surface area contributed by atoms with E-state index in [9.17, 15) is 4.79 Å². The van der Waals surface area contributed by atoms with Gasteiger partial charge in [-0.25, -0.2) is 4.68 Å². The van der Waals surface area contributed by atoms with Crippen LogP contribution in [-0.2, 0) is 11.3 Å². The molecule has 6 heteroatoms. The van der Waals surface area contributed by atoms with Gasteiger partial charge in [0.1, 0.15) is 24.1 Å². The Labute approximate surface area is 141 Å². The minimum Gasteiger partial charge on any atom is -0.492 e. The van der Waals surface area contributed by atoms with E-state index in [4.69, 9.17) is 10.00 Å². The molecule has 1 aromatic heterocycles. The molecule has 1 aliphatic rings. The lowest BCUT2D eigenvalue weighted by molar-refractivity contribution is -0.117. The number of aromatic nitrogens is 2. The van der Waals surface area contributed by atoms with Crippen molar-refractivity contribution in [3.8, 4) is 11.8 Å². The summed E-state index contributed by atoms with van der Waals surface area (Å²) in [6.45, 7) is 6.72. The van der Waals surface area contributed by atoms with Gasteiger partial charge in [0.15, 0.2) is 0 Å². The number of nitriles is 1. The monoisotopic (exact) mass is 324 g/mol. The van der Waals surface area contributed by atoms with Crippen LogP contribution >= 0.6 is 0 Å². The normalized spacial score (nSPS) is 15.5. The first-order valence-electron chi connectivity index (χ1n) is 7.96. The maximum atomic E-state index is 12.7. The summed E-state index contributed by atoms with van der Waals surface area (Å²) >= 11 is 0. The zero-order valence-electron chi connectivity index (χ0n) is 14.1. The highest BCUT2D eigenvalue weighted by Gasteiger charge is 2.31. The van der Waals surface area contributed by atoms with Crippen molar-refractivity contribution in [3.05, 3.63) is 40.6 Å². The fourth-order valence-corrected chi connectivity index (χ4v) is 2.87. The molecular weight excluding hydrogens is 304 g/mol. The van der Waals surface area contributed by atoms with Crippen LogP contribution in [0.5, 0.6) is 5.75 Å². The Bertz CT molecular complexity index is 832. The summed E-state index contributed by atoms with van der Waals surface area (Å²) in [6.07, 6.45) is 0.345. The predicted molar refractivity (Wildman–Crippen MR) is 90.0 cm³/mol. The van der Waals surface area contributed by atoms with Crippen molar-refractivity contribution < 1.29 is 9.53 Å². The van der Waals surface area contributed by atoms with Crippen molar-refractivity contribution in [2.75, 3.05) is 11.9 Å². The molecule has 3 rings (SSSR count). The predicted octanol–water partition coefficient (Wildman–Crippen LogP) is 2.84. The molecule has 1 amide bonds. The first kappa shape index (κ1) is 16.1. The van der Waals surface area contributed by atoms with Gasteiger partial charge in [0.2, 0.25) is 5.91 Å². The summed E-state index contributed by atoms with van der Waals surface area (Å²) in [4.78, 5) is 12.7. The number of benzene rings is 1. The van der Waals surface area contributed by atoms with E-state index >= 15 is 0 Å². The second-order valence-corrected chi connectivity index (χ2v) is 6.13. The molecule has 2 heterocycles. The lowest BCUT2D eigenvalue weighted by Crippen LogP contribution is -2.24. The number of hydrogen-bond acceptors (Lipinski definition) is 4. The maximum Gasteiger partial charge on any atom is 0.236 e. The van der Waals surface area contributed by atoms with E-state index in [1.54, 1.807) is 4.68 Å². The van der Waals surface area contributed by atoms with E-state index in [0.29, 0.717) is 25.4 Å². The van der Waals surface area contributed by atoms with Gasteiger partial charge in [-0.2, -0.15) is 10.4 Å². The number of carbonyl (C=O) groups excluding carboxylic acids is 1. The van der Waals surface area contributed by atoms with E-state index in [0.717, 1.165) is 28.1 Å². The quantitative estimate of drug-likeness (QED) is 0.938. The molecule has 0 saturated heterocycles. The third kappa shape index (κ3) is 2.98. The maximum absolute atomic E-state index is 12.7. The van der Waals surface area contributed by atoms with Crippen molar-refractivity contribution >= 4 is 11.7 Å². The van der Waals surface area contributed by atoms with Gasteiger partial charge in [-0.3, -0.25) is 4.79 Å². The van der Waals surface area contributed by atoms with Crippen LogP contribution in [-0.4, -0.2) is 22.3 Å². The molecule has 0 spiro atoms. The van der Waals surface area contributed by atoms with Gasteiger partial charge in [0, 0.05) is 11.6 Å². The molecule has 1 atom stereocenters. The van der Waals surface area contributed by atoms with Gasteiger partial charge < -0.3 is 10.1 Å². The Kier molecular flexibility index (Phi) is 4.26. The average Bonchev–Trinajstić information content (AvgIpc) is 3.09. The van der Waals surface area contributed by atoms with Crippen molar-refractivity contribution in [2.45, 2.75) is 39.7 Å². The minimum atomic E-state index is -0.334. The SMILES string of the molecule is Cc1cc(NC(=O)[C@H]2COc3cc(C)c(C)cc32)n(CCC#N)n1. The number of ether oxygens (including phenoxy) is 1. The number of anilines is 1. The summed E-state index contributed by atoms with van der Waals surface area (Å²) in [7, 11) is 0.